The van der Waals surface area contributed by atoms with Gasteiger partial charge in [-0.05, 0) is 74.6 Å². The number of pyridine rings is 1. The van der Waals surface area contributed by atoms with Crippen molar-refractivity contribution in [1.29, 1.82) is 0 Å². The summed E-state index contributed by atoms with van der Waals surface area (Å²) in [7, 11) is -3.92. The van der Waals surface area contributed by atoms with Gasteiger partial charge in [0.1, 0.15) is 0 Å². The average Bonchev–Trinajstić information content (AvgIpc) is 3.05. The molecule has 0 saturated carbocycles. The number of nitrogens with zero attached hydrogens (tertiary/aromatic N) is 3. The van der Waals surface area contributed by atoms with Crippen molar-refractivity contribution in [2.75, 3.05) is 0 Å². The van der Waals surface area contributed by atoms with Crippen molar-refractivity contribution in [3.63, 3.8) is 0 Å². The van der Waals surface area contributed by atoms with E-state index in [4.69, 9.17) is 0 Å². The predicted octanol–water partition coefficient (Wildman–Crippen LogP) is 3.77. The lowest BCUT2D eigenvalue weighted by atomic mass is 9.95. The van der Waals surface area contributed by atoms with Gasteiger partial charge in [-0.2, -0.15) is 13.2 Å². The minimum Gasteiger partial charge on any atom is -0.285 e. The summed E-state index contributed by atoms with van der Waals surface area (Å²) >= 11 is 0. The van der Waals surface area contributed by atoms with E-state index in [1.807, 2.05) is 20.8 Å². The van der Waals surface area contributed by atoms with E-state index in [1.54, 1.807) is 13.8 Å². The molecule has 0 saturated heterocycles. The number of nitrogens with one attached hydrogen (secondary N) is 1. The van der Waals surface area contributed by atoms with Crippen LogP contribution in [0.1, 0.15) is 39.2 Å². The van der Waals surface area contributed by atoms with Gasteiger partial charge in [-0.1, -0.05) is 0 Å². The van der Waals surface area contributed by atoms with Crippen LogP contribution in [0.4, 0.5) is 13.2 Å². The number of hydrogen-bond acceptors (Lipinski definition) is 4. The molecule has 0 aliphatic carbocycles. The van der Waals surface area contributed by atoms with Crippen molar-refractivity contribution in [1.82, 2.24) is 19.3 Å². The summed E-state index contributed by atoms with van der Waals surface area (Å²) in [4.78, 5) is 0.183. The second kappa shape index (κ2) is 7.10. The van der Waals surface area contributed by atoms with Crippen molar-refractivity contribution in [3.8, 4) is 0 Å². The zero-order valence-corrected chi connectivity index (χ0v) is 17.5. The smallest absolute Gasteiger partial charge is 0.285 e. The summed E-state index contributed by atoms with van der Waals surface area (Å²) < 4.78 is 68.5. The monoisotopic (exact) mass is 426 g/mol. The highest BCUT2D eigenvalue weighted by molar-refractivity contribution is 7.89. The number of aromatic nitrogens is 3. The molecule has 2 aromatic heterocycles. The van der Waals surface area contributed by atoms with Crippen LogP contribution in [0.15, 0.2) is 23.2 Å². The predicted molar refractivity (Wildman–Crippen MR) is 102 cm³/mol. The third-order valence-electron chi connectivity index (χ3n) is 5.42. The Kier molecular flexibility index (Phi) is 5.20. The van der Waals surface area contributed by atoms with E-state index >= 15 is 0 Å². The maximum Gasteiger partial charge on any atom is 0.417 e. The minimum absolute atomic E-state index is 0.0607. The third-order valence-corrected chi connectivity index (χ3v) is 7.09. The fourth-order valence-corrected chi connectivity index (χ4v) is 4.90. The molecule has 1 N–H and O–H groups in total. The SMILES string of the molecule is Cc1c(C)c(C)c(S(=O)(=O)NCc2nnc3ccc(C(F)(F)F)cn23)c(C)c1C. The summed E-state index contributed by atoms with van der Waals surface area (Å²) in [5.41, 5.74) is 3.41. The second-order valence-electron chi connectivity index (χ2n) is 7.04. The number of alkyl halides is 3. The molecule has 0 aliphatic rings. The van der Waals surface area contributed by atoms with Crippen LogP contribution < -0.4 is 4.72 Å². The molecule has 0 amide bonds. The van der Waals surface area contributed by atoms with Gasteiger partial charge in [0.2, 0.25) is 10.0 Å². The molecular weight excluding hydrogens is 405 g/mol. The number of rotatable bonds is 4. The summed E-state index contributed by atoms with van der Waals surface area (Å²) in [6, 6.07) is 2.09. The first-order chi connectivity index (χ1) is 13.3. The van der Waals surface area contributed by atoms with Crippen molar-refractivity contribution >= 4 is 15.7 Å². The van der Waals surface area contributed by atoms with Crippen LogP contribution in [0.5, 0.6) is 0 Å². The van der Waals surface area contributed by atoms with Gasteiger partial charge in [-0.3, -0.25) is 4.40 Å². The summed E-state index contributed by atoms with van der Waals surface area (Å²) in [6.45, 7) is 8.85. The standard InChI is InChI=1S/C19H21F3N4O2S/c1-10-11(2)13(4)18(14(5)12(10)3)29(27,28)23-8-17-25-24-16-7-6-15(9-26(16)17)19(20,21)22/h6-7,9,23H,8H2,1-5H3. The van der Waals surface area contributed by atoms with E-state index in [1.165, 1.54) is 6.07 Å². The van der Waals surface area contributed by atoms with Gasteiger partial charge < -0.3 is 0 Å². The van der Waals surface area contributed by atoms with Crippen LogP contribution in [0.3, 0.4) is 0 Å². The van der Waals surface area contributed by atoms with Crippen molar-refractivity contribution in [2.45, 2.75) is 52.2 Å². The Morgan fingerprint density at radius 1 is 0.931 bits per heavy atom. The molecule has 10 heteroatoms. The fraction of sp³-hybridized carbons (Fsp3) is 0.368. The fourth-order valence-electron chi connectivity index (χ4n) is 3.33. The van der Waals surface area contributed by atoms with Crippen molar-refractivity contribution in [2.24, 2.45) is 0 Å². The van der Waals surface area contributed by atoms with Gasteiger partial charge >= 0.3 is 6.18 Å². The quantitative estimate of drug-likeness (QED) is 0.689. The van der Waals surface area contributed by atoms with E-state index in [9.17, 15) is 21.6 Å². The Hall–Kier alpha value is -2.46. The third kappa shape index (κ3) is 3.74. The maximum absolute atomic E-state index is 13.0. The number of benzene rings is 1. The maximum atomic E-state index is 13.0. The number of fused-ring (bicyclic) bond motifs is 1. The largest absolute Gasteiger partial charge is 0.417 e. The molecule has 156 valence electrons. The Labute approximate surface area is 166 Å². The number of sulfonamides is 1. The highest BCUT2D eigenvalue weighted by Crippen LogP contribution is 2.30. The van der Waals surface area contributed by atoms with Gasteiger partial charge in [0.25, 0.3) is 0 Å². The van der Waals surface area contributed by atoms with E-state index in [0.29, 0.717) is 11.1 Å². The molecule has 6 nitrogen and oxygen atoms in total. The average molecular weight is 426 g/mol. The molecule has 0 atom stereocenters. The summed E-state index contributed by atoms with van der Waals surface area (Å²) in [5, 5.41) is 7.63. The first-order valence-electron chi connectivity index (χ1n) is 8.82. The van der Waals surface area contributed by atoms with E-state index in [2.05, 4.69) is 14.9 Å². The lowest BCUT2D eigenvalue weighted by Gasteiger charge is -2.19. The zero-order chi connectivity index (χ0) is 21.7. The molecular formula is C19H21F3N4O2S. The molecule has 3 aromatic rings. The Morgan fingerprint density at radius 3 is 2.03 bits per heavy atom. The van der Waals surface area contributed by atoms with Gasteiger partial charge in [-0.15, -0.1) is 10.2 Å². The van der Waals surface area contributed by atoms with Gasteiger partial charge in [0.15, 0.2) is 11.5 Å². The Morgan fingerprint density at radius 2 is 1.48 bits per heavy atom. The van der Waals surface area contributed by atoms with Crippen LogP contribution in [0.2, 0.25) is 0 Å². The van der Waals surface area contributed by atoms with Crippen LogP contribution in [0.25, 0.3) is 5.65 Å². The lowest BCUT2D eigenvalue weighted by Crippen LogP contribution is -2.26. The molecule has 0 spiro atoms. The van der Waals surface area contributed by atoms with Crippen LogP contribution in [-0.2, 0) is 22.7 Å². The van der Waals surface area contributed by atoms with Crippen molar-refractivity contribution in [3.05, 3.63) is 57.5 Å². The van der Waals surface area contributed by atoms with E-state index in [0.717, 1.165) is 33.4 Å². The summed E-state index contributed by atoms with van der Waals surface area (Å²) in [6.07, 6.45) is -3.67. The topological polar surface area (TPSA) is 76.4 Å². The Balaban J connectivity index is 1.98. The van der Waals surface area contributed by atoms with Crippen LogP contribution in [-0.4, -0.2) is 23.0 Å². The second-order valence-corrected chi connectivity index (χ2v) is 8.74. The molecule has 0 fully saturated rings. The zero-order valence-electron chi connectivity index (χ0n) is 16.6. The highest BCUT2D eigenvalue weighted by Gasteiger charge is 2.31. The van der Waals surface area contributed by atoms with Crippen LogP contribution >= 0.6 is 0 Å². The molecule has 1 aromatic carbocycles. The van der Waals surface area contributed by atoms with Crippen molar-refractivity contribution < 1.29 is 21.6 Å². The molecule has 0 bridgehead atoms. The first kappa shape index (κ1) is 21.3. The van der Waals surface area contributed by atoms with E-state index in [-0.39, 0.29) is 22.9 Å². The minimum atomic E-state index is -4.53. The highest BCUT2D eigenvalue weighted by atomic mass is 32.2. The first-order valence-corrected chi connectivity index (χ1v) is 10.3. The molecule has 2 heterocycles. The lowest BCUT2D eigenvalue weighted by molar-refractivity contribution is -0.137. The molecule has 3 rings (SSSR count). The van der Waals surface area contributed by atoms with Gasteiger partial charge in [0.05, 0.1) is 17.0 Å². The molecule has 0 unspecified atom stereocenters. The molecule has 0 radical (unpaired) electrons. The Bertz CT molecular complexity index is 1190. The molecule has 29 heavy (non-hydrogen) atoms. The van der Waals surface area contributed by atoms with Crippen LogP contribution in [0, 0.1) is 34.6 Å². The normalized spacial score (nSPS) is 12.7. The summed E-state index contributed by atoms with van der Waals surface area (Å²) in [5.74, 6) is 0.0607. The number of halogens is 3. The van der Waals surface area contributed by atoms with Gasteiger partial charge in [0, 0.05) is 6.20 Å². The van der Waals surface area contributed by atoms with E-state index < -0.39 is 21.8 Å². The molecule has 0 aliphatic heterocycles. The number of hydrogen-bond donors (Lipinski definition) is 1. The van der Waals surface area contributed by atoms with Gasteiger partial charge in [-0.25, -0.2) is 13.1 Å².